The molecule has 2 unspecified atom stereocenters. The monoisotopic (exact) mass is 317 g/mol. The summed E-state index contributed by atoms with van der Waals surface area (Å²) in [5, 5.41) is 2.83. The lowest BCUT2D eigenvalue weighted by atomic mass is 9.96. The first-order valence-electron chi connectivity index (χ1n) is 8.37. The lowest BCUT2D eigenvalue weighted by molar-refractivity contribution is -0.118. The molecule has 1 aliphatic heterocycles. The van der Waals surface area contributed by atoms with Crippen molar-refractivity contribution in [3.63, 3.8) is 0 Å². The first-order chi connectivity index (χ1) is 10.9. The molecule has 0 bridgehead atoms. The topological polar surface area (TPSA) is 75.4 Å². The van der Waals surface area contributed by atoms with Gasteiger partial charge in [0.25, 0.3) is 5.91 Å². The van der Waals surface area contributed by atoms with E-state index in [9.17, 15) is 9.59 Å². The zero-order valence-electron chi connectivity index (χ0n) is 14.2. The number of rotatable bonds is 4. The summed E-state index contributed by atoms with van der Waals surface area (Å²) >= 11 is 0. The maximum Gasteiger partial charge on any atom is 0.254 e. The molecule has 3 N–H and O–H groups in total. The van der Waals surface area contributed by atoms with Crippen LogP contribution >= 0.6 is 0 Å². The van der Waals surface area contributed by atoms with Crippen molar-refractivity contribution in [1.82, 2.24) is 4.90 Å². The Labute approximate surface area is 138 Å². The van der Waals surface area contributed by atoms with Crippen LogP contribution < -0.4 is 11.1 Å². The van der Waals surface area contributed by atoms with E-state index in [2.05, 4.69) is 5.32 Å². The fourth-order valence-corrected chi connectivity index (χ4v) is 2.90. The maximum absolute atomic E-state index is 12.7. The molecule has 0 saturated carbocycles. The third kappa shape index (κ3) is 4.32. The van der Waals surface area contributed by atoms with Gasteiger partial charge in [0.15, 0.2) is 0 Å². The molecule has 126 valence electrons. The number of carbonyl (C=O) groups excluding carboxylic acids is 2. The highest BCUT2D eigenvalue weighted by atomic mass is 16.2. The molecule has 2 atom stereocenters. The molecular formula is C18H27N3O2. The summed E-state index contributed by atoms with van der Waals surface area (Å²) in [4.78, 5) is 26.3. The van der Waals surface area contributed by atoms with Crippen molar-refractivity contribution < 1.29 is 9.59 Å². The molecule has 0 aromatic heterocycles. The number of piperidine rings is 1. The van der Waals surface area contributed by atoms with Crippen LogP contribution in [0.4, 0.5) is 5.69 Å². The number of anilines is 1. The highest BCUT2D eigenvalue weighted by molar-refractivity contribution is 5.96. The highest BCUT2D eigenvalue weighted by Gasteiger charge is 2.29. The molecule has 1 aliphatic rings. The molecule has 1 fully saturated rings. The lowest BCUT2D eigenvalue weighted by Gasteiger charge is -2.38. The van der Waals surface area contributed by atoms with Crippen LogP contribution in [0.15, 0.2) is 24.3 Å². The maximum atomic E-state index is 12.7. The van der Waals surface area contributed by atoms with Crippen LogP contribution in [0.25, 0.3) is 0 Å². The van der Waals surface area contributed by atoms with Crippen LogP contribution in [0.3, 0.4) is 0 Å². The molecule has 1 aromatic rings. The Morgan fingerprint density at radius 2 is 1.83 bits per heavy atom. The third-order valence-electron chi connectivity index (χ3n) is 4.34. The van der Waals surface area contributed by atoms with Crippen molar-refractivity contribution >= 4 is 17.5 Å². The van der Waals surface area contributed by atoms with Gasteiger partial charge in [-0.2, -0.15) is 0 Å². The van der Waals surface area contributed by atoms with Crippen LogP contribution in [0.2, 0.25) is 0 Å². The number of likely N-dealkylation sites (tertiary alicyclic amines) is 1. The van der Waals surface area contributed by atoms with Crippen molar-refractivity contribution in [2.24, 2.45) is 11.7 Å². The van der Waals surface area contributed by atoms with Gasteiger partial charge in [0, 0.05) is 35.8 Å². The van der Waals surface area contributed by atoms with E-state index in [0.29, 0.717) is 11.3 Å². The summed E-state index contributed by atoms with van der Waals surface area (Å²) < 4.78 is 0. The van der Waals surface area contributed by atoms with Gasteiger partial charge in [-0.1, -0.05) is 13.8 Å². The average Bonchev–Trinajstić information content (AvgIpc) is 2.54. The quantitative estimate of drug-likeness (QED) is 0.896. The molecule has 2 rings (SSSR count). The number of amides is 2. The van der Waals surface area contributed by atoms with Gasteiger partial charge >= 0.3 is 0 Å². The molecule has 1 heterocycles. The van der Waals surface area contributed by atoms with Gasteiger partial charge in [0.1, 0.15) is 0 Å². The van der Waals surface area contributed by atoms with Crippen LogP contribution in [-0.2, 0) is 4.79 Å². The fraction of sp³-hybridized carbons (Fsp3) is 0.556. The third-order valence-corrected chi connectivity index (χ3v) is 4.34. The number of carbonyl (C=O) groups is 2. The zero-order valence-corrected chi connectivity index (χ0v) is 14.2. The van der Waals surface area contributed by atoms with Crippen molar-refractivity contribution in [3.05, 3.63) is 29.8 Å². The molecule has 23 heavy (non-hydrogen) atoms. The van der Waals surface area contributed by atoms with E-state index in [-0.39, 0.29) is 29.8 Å². The van der Waals surface area contributed by atoms with E-state index in [1.54, 1.807) is 24.3 Å². The number of hydrogen-bond donors (Lipinski definition) is 2. The molecule has 1 saturated heterocycles. The van der Waals surface area contributed by atoms with E-state index >= 15 is 0 Å². The smallest absolute Gasteiger partial charge is 0.254 e. The van der Waals surface area contributed by atoms with Crippen molar-refractivity contribution in [2.45, 2.75) is 52.1 Å². The summed E-state index contributed by atoms with van der Waals surface area (Å²) in [7, 11) is 0. The molecule has 0 aliphatic carbocycles. The van der Waals surface area contributed by atoms with Crippen molar-refractivity contribution in [3.8, 4) is 0 Å². The molecule has 5 nitrogen and oxygen atoms in total. The predicted octanol–water partition coefficient (Wildman–Crippen LogP) is 2.62. The van der Waals surface area contributed by atoms with Gasteiger partial charge in [0.05, 0.1) is 0 Å². The van der Waals surface area contributed by atoms with E-state index in [1.165, 1.54) is 0 Å². The number of hydrogen-bond acceptors (Lipinski definition) is 3. The van der Waals surface area contributed by atoms with Crippen molar-refractivity contribution in [1.29, 1.82) is 0 Å². The molecule has 1 aromatic carbocycles. The predicted molar refractivity (Wildman–Crippen MR) is 92.2 cm³/mol. The first-order valence-corrected chi connectivity index (χ1v) is 8.37. The minimum Gasteiger partial charge on any atom is -0.334 e. The fourth-order valence-electron chi connectivity index (χ4n) is 2.90. The number of nitrogens with one attached hydrogen (secondary N) is 1. The molecular weight excluding hydrogens is 290 g/mol. The van der Waals surface area contributed by atoms with Gasteiger partial charge in [-0.25, -0.2) is 0 Å². The Hall–Kier alpha value is -1.88. The standard InChI is InChI=1S/C18H27N3O2/c1-12(2)17(22)20-15-9-7-14(8-10-15)18(23)21-11-5-4-6-16(21)13(3)19/h7-10,12-13,16H,4-6,11,19H2,1-3H3,(H,20,22). The molecule has 2 amide bonds. The van der Waals surface area contributed by atoms with Gasteiger partial charge in [-0.05, 0) is 50.5 Å². The Bertz CT molecular complexity index is 552. The molecule has 0 radical (unpaired) electrons. The summed E-state index contributed by atoms with van der Waals surface area (Å²) in [5.74, 6) is -0.0812. The van der Waals surface area contributed by atoms with E-state index < -0.39 is 0 Å². The highest BCUT2D eigenvalue weighted by Crippen LogP contribution is 2.22. The van der Waals surface area contributed by atoms with E-state index in [4.69, 9.17) is 5.73 Å². The lowest BCUT2D eigenvalue weighted by Crippen LogP contribution is -2.51. The van der Waals surface area contributed by atoms with Crippen molar-refractivity contribution in [2.75, 3.05) is 11.9 Å². The Balaban J connectivity index is 2.08. The Morgan fingerprint density at radius 3 is 2.39 bits per heavy atom. The van der Waals surface area contributed by atoms with E-state index in [1.807, 2.05) is 25.7 Å². The minimum absolute atomic E-state index is 0.0220. The first kappa shape index (κ1) is 17.5. The SMILES string of the molecule is CC(C)C(=O)Nc1ccc(C(=O)N2CCCCC2C(C)N)cc1. The second-order valence-electron chi connectivity index (χ2n) is 6.64. The van der Waals surface area contributed by atoms with Crippen LogP contribution in [-0.4, -0.2) is 35.3 Å². The molecule has 5 heteroatoms. The largest absolute Gasteiger partial charge is 0.334 e. The van der Waals surface area contributed by atoms with Crippen LogP contribution in [0, 0.1) is 5.92 Å². The summed E-state index contributed by atoms with van der Waals surface area (Å²) in [6.07, 6.45) is 3.11. The summed E-state index contributed by atoms with van der Waals surface area (Å²) in [5.41, 5.74) is 7.39. The Kier molecular flexibility index (Phi) is 5.77. The second-order valence-corrected chi connectivity index (χ2v) is 6.64. The molecule has 0 spiro atoms. The summed E-state index contributed by atoms with van der Waals surface area (Å²) in [6.45, 7) is 6.41. The number of benzene rings is 1. The summed E-state index contributed by atoms with van der Waals surface area (Å²) in [6, 6.07) is 7.17. The van der Waals surface area contributed by atoms with Gasteiger partial charge in [-0.15, -0.1) is 0 Å². The van der Waals surface area contributed by atoms with Gasteiger partial charge in [0.2, 0.25) is 5.91 Å². The second kappa shape index (κ2) is 7.59. The van der Waals surface area contributed by atoms with Crippen LogP contribution in [0.1, 0.15) is 50.4 Å². The average molecular weight is 317 g/mol. The Morgan fingerprint density at radius 1 is 1.17 bits per heavy atom. The number of nitrogens with two attached hydrogens (primary N) is 1. The number of nitrogens with zero attached hydrogens (tertiary/aromatic N) is 1. The minimum atomic E-state index is -0.0727. The van der Waals surface area contributed by atoms with Gasteiger partial charge < -0.3 is 16.0 Å². The normalized spacial score (nSPS) is 19.5. The van der Waals surface area contributed by atoms with Gasteiger partial charge in [-0.3, -0.25) is 9.59 Å². The zero-order chi connectivity index (χ0) is 17.0. The van der Waals surface area contributed by atoms with Crippen LogP contribution in [0.5, 0.6) is 0 Å². The van der Waals surface area contributed by atoms with E-state index in [0.717, 1.165) is 25.8 Å².